The number of pyridine rings is 1. The lowest BCUT2D eigenvalue weighted by Gasteiger charge is -1.89. The molecule has 1 heterocycles. The van der Waals surface area contributed by atoms with Crippen molar-refractivity contribution in [2.75, 3.05) is 7.11 Å². The highest BCUT2D eigenvalue weighted by Gasteiger charge is 1.81. The highest BCUT2D eigenvalue weighted by Crippen LogP contribution is 1.96. The van der Waals surface area contributed by atoms with Crippen LogP contribution in [-0.4, -0.2) is 17.2 Å². The molecule has 0 amide bonds. The Labute approximate surface area is 61.5 Å². The fraction of sp³-hybridized carbons (Fsp3) is 0.375. The average molecular weight is 139 g/mol. The highest BCUT2D eigenvalue weighted by atomic mass is 16.2. The molecule has 1 rings (SSSR count). The molecular formula is C8H13NO. The topological polar surface area (TPSA) is 33.1 Å². The van der Waals surface area contributed by atoms with E-state index in [1.807, 2.05) is 26.2 Å². The molecular weight excluding hydrogens is 126 g/mol. The molecule has 0 saturated heterocycles. The predicted molar refractivity (Wildman–Crippen MR) is 41.9 cm³/mol. The molecule has 2 nitrogen and oxygen atoms in total. The Kier molecular flexibility index (Phi) is 4.50. The van der Waals surface area contributed by atoms with Crippen molar-refractivity contribution in [1.82, 2.24) is 4.98 Å². The lowest BCUT2D eigenvalue weighted by atomic mass is 10.2. The number of hydrogen-bond acceptors (Lipinski definition) is 2. The fourth-order valence-electron chi connectivity index (χ4n) is 0.706. The van der Waals surface area contributed by atoms with Crippen molar-refractivity contribution < 1.29 is 5.11 Å². The minimum Gasteiger partial charge on any atom is -0.400 e. The van der Waals surface area contributed by atoms with Crippen molar-refractivity contribution in [2.24, 2.45) is 0 Å². The van der Waals surface area contributed by atoms with E-state index in [4.69, 9.17) is 5.11 Å². The van der Waals surface area contributed by atoms with E-state index in [1.165, 1.54) is 11.1 Å². The van der Waals surface area contributed by atoms with E-state index in [-0.39, 0.29) is 0 Å². The molecule has 0 aromatic carbocycles. The molecule has 0 fully saturated rings. The van der Waals surface area contributed by atoms with Crippen molar-refractivity contribution in [3.05, 3.63) is 29.6 Å². The van der Waals surface area contributed by atoms with Crippen molar-refractivity contribution in [3.63, 3.8) is 0 Å². The summed E-state index contributed by atoms with van der Waals surface area (Å²) >= 11 is 0. The molecule has 0 spiro atoms. The monoisotopic (exact) mass is 139 g/mol. The van der Waals surface area contributed by atoms with Gasteiger partial charge in [-0.15, -0.1) is 0 Å². The van der Waals surface area contributed by atoms with Crippen LogP contribution in [0.25, 0.3) is 0 Å². The molecule has 0 aliphatic rings. The van der Waals surface area contributed by atoms with Crippen LogP contribution in [0.3, 0.4) is 0 Å². The molecule has 0 saturated carbocycles. The van der Waals surface area contributed by atoms with E-state index in [1.54, 1.807) is 0 Å². The minimum atomic E-state index is 1.00. The number of aromatic nitrogens is 1. The molecule has 10 heavy (non-hydrogen) atoms. The van der Waals surface area contributed by atoms with Crippen molar-refractivity contribution in [2.45, 2.75) is 13.8 Å². The number of aliphatic hydroxyl groups is 1. The second kappa shape index (κ2) is 4.94. The SMILES string of the molecule is CO.Cc1cncc(C)c1. The van der Waals surface area contributed by atoms with Crippen LogP contribution in [0.1, 0.15) is 11.1 Å². The molecule has 2 heteroatoms. The Morgan fingerprint density at radius 1 is 1.10 bits per heavy atom. The molecule has 56 valence electrons. The van der Waals surface area contributed by atoms with Crippen LogP contribution < -0.4 is 0 Å². The molecule has 0 unspecified atom stereocenters. The van der Waals surface area contributed by atoms with Crippen LogP contribution in [0.15, 0.2) is 18.5 Å². The molecule has 0 atom stereocenters. The fourth-order valence-corrected chi connectivity index (χ4v) is 0.706. The number of hydrogen-bond donors (Lipinski definition) is 1. The quantitative estimate of drug-likeness (QED) is 0.587. The summed E-state index contributed by atoms with van der Waals surface area (Å²) < 4.78 is 0. The third-order valence-electron chi connectivity index (χ3n) is 1.01. The van der Waals surface area contributed by atoms with Gasteiger partial charge in [0, 0.05) is 19.5 Å². The third-order valence-corrected chi connectivity index (χ3v) is 1.01. The summed E-state index contributed by atoms with van der Waals surface area (Å²) in [6.45, 7) is 4.08. The van der Waals surface area contributed by atoms with Crippen molar-refractivity contribution in [1.29, 1.82) is 0 Å². The Morgan fingerprint density at radius 3 is 1.70 bits per heavy atom. The van der Waals surface area contributed by atoms with E-state index in [0.717, 1.165) is 7.11 Å². The third kappa shape index (κ3) is 3.20. The van der Waals surface area contributed by atoms with Crippen LogP contribution in [0.4, 0.5) is 0 Å². The predicted octanol–water partition coefficient (Wildman–Crippen LogP) is 1.31. The minimum absolute atomic E-state index is 1.00. The highest BCUT2D eigenvalue weighted by molar-refractivity contribution is 5.14. The first-order chi connectivity index (χ1) is 4.79. The maximum Gasteiger partial charge on any atom is 0.0319 e. The maximum absolute atomic E-state index is 7.00. The summed E-state index contributed by atoms with van der Waals surface area (Å²) in [5, 5.41) is 7.00. The number of aryl methyl sites for hydroxylation is 2. The van der Waals surface area contributed by atoms with Gasteiger partial charge < -0.3 is 5.11 Å². The lowest BCUT2D eigenvalue weighted by molar-refractivity contribution is 0.399. The van der Waals surface area contributed by atoms with Gasteiger partial charge in [-0.3, -0.25) is 4.98 Å². The normalized spacial score (nSPS) is 8.00. The second-order valence-electron chi connectivity index (χ2n) is 2.04. The molecule has 0 aliphatic carbocycles. The van der Waals surface area contributed by atoms with Crippen LogP contribution >= 0.6 is 0 Å². The van der Waals surface area contributed by atoms with Gasteiger partial charge in [-0.1, -0.05) is 6.07 Å². The number of aliphatic hydroxyl groups excluding tert-OH is 1. The first-order valence-corrected chi connectivity index (χ1v) is 3.12. The van der Waals surface area contributed by atoms with Crippen molar-refractivity contribution >= 4 is 0 Å². The molecule has 1 N–H and O–H groups in total. The summed E-state index contributed by atoms with van der Waals surface area (Å²) in [7, 11) is 1.00. The van der Waals surface area contributed by atoms with Crippen molar-refractivity contribution in [3.8, 4) is 0 Å². The van der Waals surface area contributed by atoms with Crippen LogP contribution in [-0.2, 0) is 0 Å². The zero-order valence-corrected chi connectivity index (χ0v) is 6.63. The molecule has 1 aromatic rings. The number of rotatable bonds is 0. The van der Waals surface area contributed by atoms with Gasteiger partial charge in [-0.25, -0.2) is 0 Å². The summed E-state index contributed by atoms with van der Waals surface area (Å²) in [5.41, 5.74) is 2.45. The zero-order valence-electron chi connectivity index (χ0n) is 6.63. The first kappa shape index (κ1) is 9.11. The van der Waals surface area contributed by atoms with Gasteiger partial charge in [0.1, 0.15) is 0 Å². The first-order valence-electron chi connectivity index (χ1n) is 3.12. The zero-order chi connectivity index (χ0) is 7.98. The molecule has 0 aliphatic heterocycles. The summed E-state index contributed by atoms with van der Waals surface area (Å²) in [6.07, 6.45) is 3.71. The van der Waals surface area contributed by atoms with Gasteiger partial charge in [-0.2, -0.15) is 0 Å². The summed E-state index contributed by atoms with van der Waals surface area (Å²) in [6, 6.07) is 2.10. The lowest BCUT2D eigenvalue weighted by Crippen LogP contribution is -1.76. The van der Waals surface area contributed by atoms with E-state index in [2.05, 4.69) is 11.1 Å². The maximum atomic E-state index is 7.00. The number of nitrogens with zero attached hydrogens (tertiary/aromatic N) is 1. The van der Waals surface area contributed by atoms with Gasteiger partial charge in [0.2, 0.25) is 0 Å². The Balaban J connectivity index is 0.000000371. The van der Waals surface area contributed by atoms with E-state index < -0.39 is 0 Å². The molecule has 0 bridgehead atoms. The van der Waals surface area contributed by atoms with Gasteiger partial charge in [0.15, 0.2) is 0 Å². The van der Waals surface area contributed by atoms with Gasteiger partial charge in [0.05, 0.1) is 0 Å². The van der Waals surface area contributed by atoms with E-state index in [9.17, 15) is 0 Å². The molecule has 0 radical (unpaired) electrons. The van der Waals surface area contributed by atoms with Crippen LogP contribution in [0, 0.1) is 13.8 Å². The van der Waals surface area contributed by atoms with Gasteiger partial charge in [0.25, 0.3) is 0 Å². The molecule has 1 aromatic heterocycles. The Hall–Kier alpha value is -0.890. The Morgan fingerprint density at radius 2 is 1.50 bits per heavy atom. The smallest absolute Gasteiger partial charge is 0.0319 e. The second-order valence-corrected chi connectivity index (χ2v) is 2.04. The van der Waals surface area contributed by atoms with Crippen LogP contribution in [0.2, 0.25) is 0 Å². The van der Waals surface area contributed by atoms with Gasteiger partial charge >= 0.3 is 0 Å². The Bertz CT molecular complexity index is 169. The standard InChI is InChI=1S/C7H9N.CH4O/c1-6-3-7(2)5-8-4-6;1-2/h3-5H,1-2H3;2H,1H3. The van der Waals surface area contributed by atoms with E-state index in [0.29, 0.717) is 0 Å². The largest absolute Gasteiger partial charge is 0.400 e. The van der Waals surface area contributed by atoms with E-state index >= 15 is 0 Å². The van der Waals surface area contributed by atoms with Crippen LogP contribution in [0.5, 0.6) is 0 Å². The average Bonchev–Trinajstić information content (AvgIpc) is 1.91. The summed E-state index contributed by atoms with van der Waals surface area (Å²) in [4.78, 5) is 3.98. The van der Waals surface area contributed by atoms with Gasteiger partial charge in [-0.05, 0) is 25.0 Å². The summed E-state index contributed by atoms with van der Waals surface area (Å²) in [5.74, 6) is 0.